The van der Waals surface area contributed by atoms with Crippen molar-refractivity contribution >= 4 is 0 Å². The lowest BCUT2D eigenvalue weighted by molar-refractivity contribution is 0.592. The second kappa shape index (κ2) is 3.41. The molecule has 2 rings (SSSR count). The van der Waals surface area contributed by atoms with Gasteiger partial charge in [0.15, 0.2) is 0 Å². The van der Waals surface area contributed by atoms with Gasteiger partial charge in [0, 0.05) is 17.3 Å². The third kappa shape index (κ3) is 1.50. The standard InChI is InChI=1S/C13H15N/c1-13(2,11-7-3-4-8-11)12-9-5-6-10-14-12/h3-7,9-10H,8H2,1-2H3. The summed E-state index contributed by atoms with van der Waals surface area (Å²) < 4.78 is 0. The molecule has 0 fully saturated rings. The molecule has 0 bridgehead atoms. The molecule has 1 nitrogen and oxygen atoms in total. The normalized spacial score (nSPS) is 15.7. The van der Waals surface area contributed by atoms with Crippen LogP contribution in [0.3, 0.4) is 0 Å². The van der Waals surface area contributed by atoms with E-state index < -0.39 is 0 Å². The Kier molecular flexibility index (Phi) is 2.24. The summed E-state index contributed by atoms with van der Waals surface area (Å²) in [7, 11) is 0. The molecule has 1 aromatic heterocycles. The summed E-state index contributed by atoms with van der Waals surface area (Å²) in [6, 6.07) is 6.10. The molecule has 0 saturated heterocycles. The van der Waals surface area contributed by atoms with Gasteiger partial charge in [-0.1, -0.05) is 43.7 Å². The van der Waals surface area contributed by atoms with Crippen LogP contribution in [0.1, 0.15) is 26.0 Å². The summed E-state index contributed by atoms with van der Waals surface area (Å²) in [6.45, 7) is 4.46. The molecule has 72 valence electrons. The zero-order valence-electron chi connectivity index (χ0n) is 8.70. The molecule has 0 atom stereocenters. The molecule has 1 aliphatic rings. The smallest absolute Gasteiger partial charge is 0.0500 e. The molecule has 1 aromatic rings. The maximum Gasteiger partial charge on any atom is 0.0500 e. The summed E-state index contributed by atoms with van der Waals surface area (Å²) in [6.07, 6.45) is 9.44. The van der Waals surface area contributed by atoms with E-state index in [1.165, 1.54) is 5.57 Å². The van der Waals surface area contributed by atoms with E-state index in [-0.39, 0.29) is 5.41 Å². The first-order valence-electron chi connectivity index (χ1n) is 4.99. The van der Waals surface area contributed by atoms with Crippen LogP contribution in [0, 0.1) is 0 Å². The van der Waals surface area contributed by atoms with E-state index in [1.54, 1.807) is 0 Å². The molecule has 0 N–H and O–H groups in total. The molecule has 0 aliphatic heterocycles. The van der Waals surface area contributed by atoms with Gasteiger partial charge in [-0.2, -0.15) is 0 Å². The van der Waals surface area contributed by atoms with E-state index in [0.717, 1.165) is 12.1 Å². The van der Waals surface area contributed by atoms with Gasteiger partial charge in [-0.25, -0.2) is 0 Å². The zero-order valence-corrected chi connectivity index (χ0v) is 8.70. The molecule has 0 radical (unpaired) electrons. The van der Waals surface area contributed by atoms with Crippen LogP contribution in [0.2, 0.25) is 0 Å². The van der Waals surface area contributed by atoms with Crippen LogP contribution >= 0.6 is 0 Å². The quantitative estimate of drug-likeness (QED) is 0.689. The van der Waals surface area contributed by atoms with Crippen LogP contribution in [0.25, 0.3) is 0 Å². The van der Waals surface area contributed by atoms with Gasteiger partial charge in [-0.15, -0.1) is 0 Å². The molecular formula is C13H15N. The summed E-state index contributed by atoms with van der Waals surface area (Å²) in [5.41, 5.74) is 2.65. The van der Waals surface area contributed by atoms with Crippen LogP contribution in [-0.4, -0.2) is 4.98 Å². The van der Waals surface area contributed by atoms with Crippen molar-refractivity contribution in [3.63, 3.8) is 0 Å². The van der Waals surface area contributed by atoms with Gasteiger partial charge in [0.05, 0.1) is 0 Å². The van der Waals surface area contributed by atoms with Gasteiger partial charge < -0.3 is 0 Å². The van der Waals surface area contributed by atoms with E-state index in [2.05, 4.69) is 43.1 Å². The molecule has 0 spiro atoms. The summed E-state index contributed by atoms with van der Waals surface area (Å²) in [4.78, 5) is 4.43. The average Bonchev–Trinajstić information content (AvgIpc) is 2.72. The third-order valence-corrected chi connectivity index (χ3v) is 2.88. The minimum atomic E-state index is 0.0603. The lowest BCUT2D eigenvalue weighted by Crippen LogP contribution is -2.20. The van der Waals surface area contributed by atoms with Gasteiger partial charge in [-0.05, 0) is 18.6 Å². The molecule has 0 aromatic carbocycles. The van der Waals surface area contributed by atoms with E-state index >= 15 is 0 Å². The van der Waals surface area contributed by atoms with Crippen LogP contribution in [0.15, 0.2) is 48.2 Å². The second-order valence-corrected chi connectivity index (χ2v) is 4.16. The van der Waals surface area contributed by atoms with Gasteiger partial charge in [0.25, 0.3) is 0 Å². The van der Waals surface area contributed by atoms with Gasteiger partial charge >= 0.3 is 0 Å². The number of pyridine rings is 1. The SMILES string of the molecule is CC(C)(C1=CC=CC1)c1ccccn1. The molecule has 1 heterocycles. The number of rotatable bonds is 2. The Morgan fingerprint density at radius 2 is 2.14 bits per heavy atom. The summed E-state index contributed by atoms with van der Waals surface area (Å²) in [5, 5.41) is 0. The highest BCUT2D eigenvalue weighted by atomic mass is 14.7. The first-order valence-corrected chi connectivity index (χ1v) is 4.99. The molecule has 1 aliphatic carbocycles. The summed E-state index contributed by atoms with van der Waals surface area (Å²) in [5.74, 6) is 0. The fourth-order valence-electron chi connectivity index (χ4n) is 1.81. The van der Waals surface area contributed by atoms with Crippen molar-refractivity contribution in [2.75, 3.05) is 0 Å². The third-order valence-electron chi connectivity index (χ3n) is 2.88. The van der Waals surface area contributed by atoms with Crippen LogP contribution in [0.5, 0.6) is 0 Å². The maximum absolute atomic E-state index is 4.43. The van der Waals surface area contributed by atoms with E-state index in [4.69, 9.17) is 0 Å². The van der Waals surface area contributed by atoms with Crippen LogP contribution in [0.4, 0.5) is 0 Å². The van der Waals surface area contributed by atoms with Crippen molar-refractivity contribution in [1.82, 2.24) is 4.98 Å². The highest BCUT2D eigenvalue weighted by molar-refractivity contribution is 5.36. The Balaban J connectivity index is 2.33. The van der Waals surface area contributed by atoms with Crippen molar-refractivity contribution in [3.05, 3.63) is 53.9 Å². The van der Waals surface area contributed by atoms with Crippen LogP contribution < -0.4 is 0 Å². The Morgan fingerprint density at radius 3 is 2.71 bits per heavy atom. The largest absolute Gasteiger partial charge is 0.260 e. The topological polar surface area (TPSA) is 12.9 Å². The van der Waals surface area contributed by atoms with Crippen molar-refractivity contribution in [3.8, 4) is 0 Å². The molecule has 14 heavy (non-hydrogen) atoms. The number of hydrogen-bond donors (Lipinski definition) is 0. The Labute approximate surface area is 85.2 Å². The van der Waals surface area contributed by atoms with E-state index in [1.807, 2.05) is 18.3 Å². The van der Waals surface area contributed by atoms with Crippen molar-refractivity contribution in [1.29, 1.82) is 0 Å². The number of nitrogens with zero attached hydrogens (tertiary/aromatic N) is 1. The van der Waals surface area contributed by atoms with E-state index in [9.17, 15) is 0 Å². The number of hydrogen-bond acceptors (Lipinski definition) is 1. The van der Waals surface area contributed by atoms with Gasteiger partial charge in [-0.3, -0.25) is 4.98 Å². The predicted molar refractivity (Wildman–Crippen MR) is 59.1 cm³/mol. The van der Waals surface area contributed by atoms with Crippen molar-refractivity contribution in [2.45, 2.75) is 25.7 Å². The Morgan fingerprint density at radius 1 is 1.29 bits per heavy atom. The fourth-order valence-corrected chi connectivity index (χ4v) is 1.81. The zero-order chi connectivity index (χ0) is 10.0. The predicted octanol–water partition coefficient (Wildman–Crippen LogP) is 3.25. The fraction of sp³-hybridized carbons (Fsp3) is 0.308. The number of allylic oxidation sites excluding steroid dienone is 4. The average molecular weight is 185 g/mol. The van der Waals surface area contributed by atoms with Gasteiger partial charge in [0.2, 0.25) is 0 Å². The lowest BCUT2D eigenvalue weighted by atomic mass is 9.80. The van der Waals surface area contributed by atoms with Crippen LogP contribution in [-0.2, 0) is 5.41 Å². The molecule has 0 unspecified atom stereocenters. The monoisotopic (exact) mass is 185 g/mol. The highest BCUT2D eigenvalue weighted by Gasteiger charge is 2.26. The first-order chi connectivity index (χ1) is 6.71. The van der Waals surface area contributed by atoms with Crippen molar-refractivity contribution < 1.29 is 0 Å². The Hall–Kier alpha value is -1.37. The Bertz CT molecular complexity index is 371. The highest BCUT2D eigenvalue weighted by Crippen LogP contribution is 2.34. The minimum Gasteiger partial charge on any atom is -0.260 e. The van der Waals surface area contributed by atoms with Crippen molar-refractivity contribution in [2.24, 2.45) is 0 Å². The molecular weight excluding hydrogens is 170 g/mol. The first kappa shape index (κ1) is 9.20. The summed E-state index contributed by atoms with van der Waals surface area (Å²) >= 11 is 0. The van der Waals surface area contributed by atoms with E-state index in [0.29, 0.717) is 0 Å². The lowest BCUT2D eigenvalue weighted by Gasteiger charge is -2.25. The second-order valence-electron chi connectivity index (χ2n) is 4.16. The van der Waals surface area contributed by atoms with Gasteiger partial charge in [0.1, 0.15) is 0 Å². The number of aromatic nitrogens is 1. The molecule has 0 amide bonds. The minimum absolute atomic E-state index is 0.0603. The molecule has 0 saturated carbocycles. The molecule has 1 heteroatoms. The maximum atomic E-state index is 4.43.